The molecule has 2 aliphatic heterocycles. The van der Waals surface area contributed by atoms with Crippen molar-refractivity contribution in [2.45, 2.75) is 62.1 Å². The standard InChI is InChI=1S/C37H48ClN3O8S/c1-40-16-5-4-8-32(48-3)29-12-9-26(29)22-41-23-36(15-6-7-25-19-28(38)11-13-30(25)36)24-49-33-14-10-27(20-31(33)41)37(44,21-34(40)42)35(43)39-50(45,46)18-17-47-2/h4,8,10-11,13-14,19-20,26,29,32,44H,5-7,9,12,15-18,21-24H2,1-3H3,(H,39,43)/b8-4+/t26-,29+,32-,36-,37?/m0/s1. The number of aryl methyl sites for hydroxylation is 1. The van der Waals surface area contributed by atoms with Crippen molar-refractivity contribution in [1.29, 1.82) is 0 Å². The Kier molecular flexibility index (Phi) is 10.9. The first-order valence-corrected chi connectivity index (χ1v) is 19.4. The van der Waals surface area contributed by atoms with Crippen LogP contribution >= 0.6 is 11.6 Å². The van der Waals surface area contributed by atoms with E-state index in [1.54, 1.807) is 32.4 Å². The molecule has 11 nitrogen and oxygen atoms in total. The highest BCUT2D eigenvalue weighted by atomic mass is 35.5. The van der Waals surface area contributed by atoms with Gasteiger partial charge in [-0.25, -0.2) is 8.42 Å². The normalized spacial score (nSPS) is 29.2. The minimum atomic E-state index is -4.18. The molecule has 1 saturated carbocycles. The Hall–Kier alpha value is -3.16. The molecule has 5 atom stereocenters. The molecule has 2 amide bonds. The summed E-state index contributed by atoms with van der Waals surface area (Å²) in [5.74, 6) is -1.03. The predicted octanol–water partition coefficient (Wildman–Crippen LogP) is 3.94. The molecule has 2 aliphatic carbocycles. The molecule has 0 saturated heterocycles. The number of carbonyl (C=O) groups excluding carboxylic acids is 2. The van der Waals surface area contributed by atoms with Crippen LogP contribution in [0.15, 0.2) is 48.6 Å². The summed E-state index contributed by atoms with van der Waals surface area (Å²) in [7, 11) is 0.510. The Labute approximate surface area is 299 Å². The van der Waals surface area contributed by atoms with Crippen LogP contribution < -0.4 is 14.4 Å². The van der Waals surface area contributed by atoms with Crippen LogP contribution in [-0.2, 0) is 46.5 Å². The van der Waals surface area contributed by atoms with Crippen molar-refractivity contribution in [2.75, 3.05) is 64.8 Å². The van der Waals surface area contributed by atoms with E-state index in [2.05, 4.69) is 17.0 Å². The van der Waals surface area contributed by atoms with Gasteiger partial charge in [-0.1, -0.05) is 35.9 Å². The highest BCUT2D eigenvalue weighted by Gasteiger charge is 2.47. The van der Waals surface area contributed by atoms with E-state index in [1.807, 2.05) is 22.9 Å². The average molecular weight is 730 g/mol. The highest BCUT2D eigenvalue weighted by molar-refractivity contribution is 7.90. The average Bonchev–Trinajstić information content (AvgIpc) is 3.22. The summed E-state index contributed by atoms with van der Waals surface area (Å²) in [6.07, 6.45) is 8.75. The summed E-state index contributed by atoms with van der Waals surface area (Å²) >= 11 is 6.44. The maximum atomic E-state index is 13.9. The Morgan fingerprint density at radius 2 is 2.00 bits per heavy atom. The first kappa shape index (κ1) is 36.6. The van der Waals surface area contributed by atoms with Gasteiger partial charge in [-0.15, -0.1) is 0 Å². The minimum Gasteiger partial charge on any atom is -0.490 e. The van der Waals surface area contributed by atoms with Gasteiger partial charge in [-0.3, -0.25) is 14.3 Å². The topological polar surface area (TPSA) is 135 Å². The number of fused-ring (bicyclic) bond motifs is 4. The maximum absolute atomic E-state index is 13.9. The third-order valence-corrected chi connectivity index (χ3v) is 12.5. The molecule has 2 bridgehead atoms. The number of ether oxygens (including phenoxy) is 3. The van der Waals surface area contributed by atoms with Crippen LogP contribution in [0.4, 0.5) is 5.69 Å². The van der Waals surface area contributed by atoms with E-state index in [0.717, 1.165) is 32.1 Å². The SMILES string of the molecule is COCCS(=O)(=O)NC(=O)C1(O)CC(=O)N(C)CC/C=C/[C@H](OC)[C@@H]2CC[C@H]2CN2C[C@@]3(CCCc4cc(Cl)ccc43)COc3ccc1cc32. The van der Waals surface area contributed by atoms with Crippen molar-refractivity contribution in [1.82, 2.24) is 9.62 Å². The fourth-order valence-electron chi connectivity index (χ4n) is 8.06. The Bertz CT molecular complexity index is 1740. The zero-order chi connectivity index (χ0) is 35.7. The molecule has 1 unspecified atom stereocenters. The number of carbonyl (C=O) groups is 2. The summed E-state index contributed by atoms with van der Waals surface area (Å²) < 4.78 is 45.2. The van der Waals surface area contributed by atoms with E-state index in [4.69, 9.17) is 25.8 Å². The third-order valence-electron chi connectivity index (χ3n) is 11.1. The zero-order valence-corrected chi connectivity index (χ0v) is 30.6. The second-order valence-electron chi connectivity index (χ2n) is 14.3. The first-order chi connectivity index (χ1) is 23.9. The van der Waals surface area contributed by atoms with Gasteiger partial charge >= 0.3 is 0 Å². The monoisotopic (exact) mass is 729 g/mol. The summed E-state index contributed by atoms with van der Waals surface area (Å²) in [6.45, 7) is 1.91. The molecule has 6 rings (SSSR count). The Morgan fingerprint density at radius 3 is 2.74 bits per heavy atom. The van der Waals surface area contributed by atoms with Crippen LogP contribution in [0.25, 0.3) is 0 Å². The lowest BCUT2D eigenvalue weighted by atomic mass is 9.68. The Balaban J connectivity index is 1.46. The van der Waals surface area contributed by atoms with Crippen molar-refractivity contribution in [2.24, 2.45) is 11.8 Å². The molecule has 2 aromatic rings. The van der Waals surface area contributed by atoms with Crippen molar-refractivity contribution in [3.8, 4) is 5.75 Å². The number of benzene rings is 2. The molecule has 272 valence electrons. The number of nitrogens with zero attached hydrogens (tertiary/aromatic N) is 2. The second kappa shape index (κ2) is 14.8. The molecule has 2 N–H and O–H groups in total. The van der Waals surface area contributed by atoms with Gasteiger partial charge in [0.1, 0.15) is 5.75 Å². The van der Waals surface area contributed by atoms with Crippen molar-refractivity contribution in [3.05, 3.63) is 70.3 Å². The van der Waals surface area contributed by atoms with E-state index in [-0.39, 0.29) is 29.6 Å². The number of hydrogen-bond acceptors (Lipinski definition) is 9. The number of rotatable bonds is 6. The summed E-state index contributed by atoms with van der Waals surface area (Å²) in [4.78, 5) is 31.2. The molecular formula is C37H48ClN3O8S. The molecular weight excluding hydrogens is 682 g/mol. The van der Waals surface area contributed by atoms with Crippen molar-refractivity contribution in [3.63, 3.8) is 0 Å². The van der Waals surface area contributed by atoms with Gasteiger partial charge in [-0.2, -0.15) is 0 Å². The minimum absolute atomic E-state index is 0.0722. The molecule has 2 heterocycles. The lowest BCUT2D eigenvalue weighted by Crippen LogP contribution is -2.50. The molecule has 0 radical (unpaired) electrons. The zero-order valence-electron chi connectivity index (χ0n) is 29.0. The quantitative estimate of drug-likeness (QED) is 0.424. The smallest absolute Gasteiger partial charge is 0.270 e. The molecule has 1 fully saturated rings. The van der Waals surface area contributed by atoms with E-state index < -0.39 is 39.6 Å². The van der Waals surface area contributed by atoms with Crippen LogP contribution in [0.1, 0.15) is 55.2 Å². The number of nitrogens with one attached hydrogen (secondary N) is 1. The van der Waals surface area contributed by atoms with Crippen LogP contribution in [0.3, 0.4) is 0 Å². The molecule has 1 spiro atoms. The number of halogens is 1. The second-order valence-corrected chi connectivity index (χ2v) is 16.6. The van der Waals surface area contributed by atoms with E-state index in [0.29, 0.717) is 55.0 Å². The number of aliphatic hydroxyl groups is 1. The summed E-state index contributed by atoms with van der Waals surface area (Å²) in [5.41, 5.74) is 0.351. The number of anilines is 1. The van der Waals surface area contributed by atoms with Gasteiger partial charge in [0.2, 0.25) is 15.9 Å². The summed E-state index contributed by atoms with van der Waals surface area (Å²) in [5, 5.41) is 12.9. The molecule has 50 heavy (non-hydrogen) atoms. The number of hydrogen-bond donors (Lipinski definition) is 2. The third kappa shape index (κ3) is 7.41. The van der Waals surface area contributed by atoms with Gasteiger partial charge in [-0.05, 0) is 91.3 Å². The predicted molar refractivity (Wildman–Crippen MR) is 191 cm³/mol. The number of amides is 2. The van der Waals surface area contributed by atoms with Crippen LogP contribution in [0.2, 0.25) is 5.02 Å². The lowest BCUT2D eigenvalue weighted by molar-refractivity contribution is -0.148. The highest BCUT2D eigenvalue weighted by Crippen LogP contribution is 2.47. The first-order valence-electron chi connectivity index (χ1n) is 17.4. The molecule has 13 heteroatoms. The van der Waals surface area contributed by atoms with Gasteiger partial charge in [0, 0.05) is 51.3 Å². The van der Waals surface area contributed by atoms with Gasteiger partial charge in [0.15, 0.2) is 5.60 Å². The maximum Gasteiger partial charge on any atom is 0.270 e. The van der Waals surface area contributed by atoms with Crippen molar-refractivity contribution < 1.29 is 37.3 Å². The fourth-order valence-corrected chi connectivity index (χ4v) is 9.20. The van der Waals surface area contributed by atoms with E-state index in [1.165, 1.54) is 23.1 Å². The van der Waals surface area contributed by atoms with Crippen molar-refractivity contribution >= 4 is 39.1 Å². The Morgan fingerprint density at radius 1 is 1.18 bits per heavy atom. The van der Waals surface area contributed by atoms with Crippen LogP contribution in [-0.4, -0.2) is 96.2 Å². The number of methoxy groups -OCH3 is 2. The van der Waals surface area contributed by atoms with Gasteiger partial charge in [0.05, 0.1) is 37.2 Å². The molecule has 4 aliphatic rings. The van der Waals surface area contributed by atoms with E-state index >= 15 is 0 Å². The molecule has 2 aromatic carbocycles. The summed E-state index contributed by atoms with van der Waals surface area (Å²) in [6, 6.07) is 11.1. The van der Waals surface area contributed by atoms with E-state index in [9.17, 15) is 23.1 Å². The van der Waals surface area contributed by atoms with Gasteiger partial charge < -0.3 is 29.1 Å². The number of sulfonamides is 1. The lowest BCUT2D eigenvalue weighted by Gasteiger charge is -2.46. The molecule has 0 aromatic heterocycles. The van der Waals surface area contributed by atoms with Gasteiger partial charge in [0.25, 0.3) is 5.91 Å². The van der Waals surface area contributed by atoms with Crippen LogP contribution in [0.5, 0.6) is 5.75 Å². The fraction of sp³-hybridized carbons (Fsp3) is 0.568. The largest absolute Gasteiger partial charge is 0.490 e. The van der Waals surface area contributed by atoms with Crippen LogP contribution in [0, 0.1) is 11.8 Å².